The summed E-state index contributed by atoms with van der Waals surface area (Å²) in [7, 11) is -2.25. The van der Waals surface area contributed by atoms with E-state index < -0.39 is 10.0 Å². The maximum Gasteiger partial charge on any atom is 0.265 e. The summed E-state index contributed by atoms with van der Waals surface area (Å²) in [5.41, 5.74) is 1.48. The SMILES string of the molecule is COc1ccc(C(C)C)cc1S(=O)(=O)Nc1cccc(SC)c1. The Labute approximate surface area is 142 Å². The van der Waals surface area contributed by atoms with Crippen LogP contribution in [-0.4, -0.2) is 21.8 Å². The first-order chi connectivity index (χ1) is 10.9. The van der Waals surface area contributed by atoms with Gasteiger partial charge in [0, 0.05) is 10.6 Å². The van der Waals surface area contributed by atoms with E-state index in [2.05, 4.69) is 4.72 Å². The second-order valence-electron chi connectivity index (χ2n) is 5.40. The Kier molecular flexibility index (Phi) is 5.59. The molecule has 0 aliphatic rings. The summed E-state index contributed by atoms with van der Waals surface area (Å²) in [5, 5.41) is 0. The Morgan fingerprint density at radius 2 is 1.87 bits per heavy atom. The second kappa shape index (κ2) is 7.27. The van der Waals surface area contributed by atoms with E-state index in [1.54, 1.807) is 36.0 Å². The summed E-state index contributed by atoms with van der Waals surface area (Å²) in [6.45, 7) is 4.04. The molecule has 23 heavy (non-hydrogen) atoms. The first-order valence-corrected chi connectivity index (χ1v) is 9.93. The number of rotatable bonds is 6. The predicted octanol–water partition coefficient (Wildman–Crippen LogP) is 4.34. The van der Waals surface area contributed by atoms with E-state index in [0.29, 0.717) is 11.4 Å². The van der Waals surface area contributed by atoms with E-state index in [9.17, 15) is 8.42 Å². The van der Waals surface area contributed by atoms with Gasteiger partial charge < -0.3 is 4.74 Å². The maximum absolute atomic E-state index is 12.8. The molecule has 0 bridgehead atoms. The van der Waals surface area contributed by atoms with E-state index in [0.717, 1.165) is 10.5 Å². The van der Waals surface area contributed by atoms with Crippen molar-refractivity contribution < 1.29 is 13.2 Å². The zero-order valence-electron chi connectivity index (χ0n) is 13.7. The highest BCUT2D eigenvalue weighted by atomic mass is 32.2. The van der Waals surface area contributed by atoms with Gasteiger partial charge in [-0.1, -0.05) is 26.0 Å². The van der Waals surface area contributed by atoms with Gasteiger partial charge in [0.15, 0.2) is 0 Å². The van der Waals surface area contributed by atoms with Crippen molar-refractivity contribution in [3.63, 3.8) is 0 Å². The highest BCUT2D eigenvalue weighted by molar-refractivity contribution is 7.98. The molecule has 0 spiro atoms. The first-order valence-electron chi connectivity index (χ1n) is 7.22. The number of hydrogen-bond acceptors (Lipinski definition) is 4. The highest BCUT2D eigenvalue weighted by Gasteiger charge is 2.21. The Morgan fingerprint density at radius 3 is 2.48 bits per heavy atom. The van der Waals surface area contributed by atoms with Crippen LogP contribution in [0.3, 0.4) is 0 Å². The average Bonchev–Trinajstić information content (AvgIpc) is 2.53. The summed E-state index contributed by atoms with van der Waals surface area (Å²) in [6.07, 6.45) is 1.95. The maximum atomic E-state index is 12.8. The van der Waals surface area contributed by atoms with Gasteiger partial charge >= 0.3 is 0 Å². The van der Waals surface area contributed by atoms with Gasteiger partial charge in [-0.3, -0.25) is 4.72 Å². The minimum Gasteiger partial charge on any atom is -0.495 e. The molecule has 0 atom stereocenters. The van der Waals surface area contributed by atoms with Crippen molar-refractivity contribution >= 4 is 27.5 Å². The van der Waals surface area contributed by atoms with Crippen molar-refractivity contribution in [3.8, 4) is 5.75 Å². The number of sulfonamides is 1. The van der Waals surface area contributed by atoms with Crippen LogP contribution in [-0.2, 0) is 10.0 Å². The van der Waals surface area contributed by atoms with Crippen LogP contribution in [0.5, 0.6) is 5.75 Å². The lowest BCUT2D eigenvalue weighted by molar-refractivity contribution is 0.402. The molecule has 0 fully saturated rings. The van der Waals surface area contributed by atoms with Crippen LogP contribution in [0.1, 0.15) is 25.3 Å². The average molecular weight is 351 g/mol. The molecule has 1 N–H and O–H groups in total. The molecule has 6 heteroatoms. The molecule has 0 radical (unpaired) electrons. The topological polar surface area (TPSA) is 55.4 Å². The van der Waals surface area contributed by atoms with Crippen molar-refractivity contribution in [2.45, 2.75) is 29.6 Å². The van der Waals surface area contributed by atoms with Gasteiger partial charge in [0.1, 0.15) is 10.6 Å². The van der Waals surface area contributed by atoms with E-state index in [1.807, 2.05) is 38.3 Å². The van der Waals surface area contributed by atoms with Crippen molar-refractivity contribution in [1.82, 2.24) is 0 Å². The third-order valence-corrected chi connectivity index (χ3v) is 5.59. The van der Waals surface area contributed by atoms with Crippen molar-refractivity contribution in [3.05, 3.63) is 48.0 Å². The van der Waals surface area contributed by atoms with Crippen molar-refractivity contribution in [2.75, 3.05) is 18.1 Å². The number of nitrogens with one attached hydrogen (secondary N) is 1. The lowest BCUT2D eigenvalue weighted by Gasteiger charge is -2.14. The van der Waals surface area contributed by atoms with Gasteiger partial charge in [0.2, 0.25) is 0 Å². The predicted molar refractivity (Wildman–Crippen MR) is 96.1 cm³/mol. The van der Waals surface area contributed by atoms with Crippen molar-refractivity contribution in [2.24, 2.45) is 0 Å². The standard InChI is InChI=1S/C17H21NO3S2/c1-12(2)13-8-9-16(21-3)17(10-13)23(19,20)18-14-6-5-7-15(11-14)22-4/h5-12,18H,1-4H3. The van der Waals surface area contributed by atoms with Crippen LogP contribution in [0.4, 0.5) is 5.69 Å². The molecule has 2 aromatic rings. The zero-order chi connectivity index (χ0) is 17.0. The lowest BCUT2D eigenvalue weighted by atomic mass is 10.0. The quantitative estimate of drug-likeness (QED) is 0.787. The summed E-state index contributed by atoms with van der Waals surface area (Å²) in [6, 6.07) is 12.5. The molecule has 0 aliphatic heterocycles. The fourth-order valence-corrected chi connectivity index (χ4v) is 3.87. The largest absolute Gasteiger partial charge is 0.495 e. The fraction of sp³-hybridized carbons (Fsp3) is 0.294. The molecule has 124 valence electrons. The molecule has 2 aromatic carbocycles. The summed E-state index contributed by atoms with van der Waals surface area (Å²) >= 11 is 1.56. The number of methoxy groups -OCH3 is 1. The van der Waals surface area contributed by atoms with Crippen LogP contribution >= 0.6 is 11.8 Å². The molecule has 0 saturated heterocycles. The molecule has 0 unspecified atom stereocenters. The number of thioether (sulfide) groups is 1. The Bertz CT molecular complexity index is 786. The minimum absolute atomic E-state index is 0.153. The molecular formula is C17H21NO3S2. The Hall–Kier alpha value is -1.66. The minimum atomic E-state index is -3.72. The van der Waals surface area contributed by atoms with Gasteiger partial charge in [-0.15, -0.1) is 11.8 Å². The highest BCUT2D eigenvalue weighted by Crippen LogP contribution is 2.30. The molecule has 0 saturated carbocycles. The van der Waals surface area contributed by atoms with Gasteiger partial charge in [0.05, 0.1) is 7.11 Å². The van der Waals surface area contributed by atoms with Crippen LogP contribution in [0.25, 0.3) is 0 Å². The van der Waals surface area contributed by atoms with Crippen LogP contribution in [0.15, 0.2) is 52.3 Å². The van der Waals surface area contributed by atoms with Gasteiger partial charge in [0.25, 0.3) is 10.0 Å². The van der Waals surface area contributed by atoms with Gasteiger partial charge in [-0.05, 0) is 48.1 Å². The smallest absolute Gasteiger partial charge is 0.265 e. The molecule has 0 aromatic heterocycles. The fourth-order valence-electron chi connectivity index (χ4n) is 2.16. The first kappa shape index (κ1) is 17.7. The third-order valence-electron chi connectivity index (χ3n) is 3.47. The molecule has 4 nitrogen and oxygen atoms in total. The molecule has 0 aliphatic carbocycles. The number of hydrogen-bond donors (Lipinski definition) is 1. The van der Waals surface area contributed by atoms with E-state index in [1.165, 1.54) is 7.11 Å². The Morgan fingerprint density at radius 1 is 1.13 bits per heavy atom. The normalized spacial score (nSPS) is 11.5. The van der Waals surface area contributed by atoms with E-state index in [4.69, 9.17) is 4.74 Å². The van der Waals surface area contributed by atoms with E-state index >= 15 is 0 Å². The summed E-state index contributed by atoms with van der Waals surface area (Å²) < 4.78 is 33.4. The number of anilines is 1. The van der Waals surface area contributed by atoms with Gasteiger partial charge in [-0.25, -0.2) is 8.42 Å². The Balaban J connectivity index is 2.43. The number of ether oxygens (including phenoxy) is 1. The molecular weight excluding hydrogens is 330 g/mol. The monoisotopic (exact) mass is 351 g/mol. The molecule has 0 heterocycles. The van der Waals surface area contributed by atoms with Gasteiger partial charge in [-0.2, -0.15) is 0 Å². The summed E-state index contributed by atoms with van der Waals surface area (Å²) in [4.78, 5) is 1.15. The summed E-state index contributed by atoms with van der Waals surface area (Å²) in [5.74, 6) is 0.567. The zero-order valence-corrected chi connectivity index (χ0v) is 15.3. The number of benzene rings is 2. The van der Waals surface area contributed by atoms with Crippen molar-refractivity contribution in [1.29, 1.82) is 0 Å². The van der Waals surface area contributed by atoms with Crippen LogP contribution in [0, 0.1) is 0 Å². The second-order valence-corrected chi connectivity index (χ2v) is 7.93. The van der Waals surface area contributed by atoms with Crippen LogP contribution < -0.4 is 9.46 Å². The molecule has 2 rings (SSSR count). The third kappa shape index (κ3) is 4.20. The van der Waals surface area contributed by atoms with Crippen LogP contribution in [0.2, 0.25) is 0 Å². The lowest BCUT2D eigenvalue weighted by Crippen LogP contribution is -2.14. The van der Waals surface area contributed by atoms with E-state index in [-0.39, 0.29) is 10.8 Å². The molecule has 0 amide bonds.